The Morgan fingerprint density at radius 1 is 0.761 bits per heavy atom. The van der Waals surface area contributed by atoms with Gasteiger partial charge >= 0.3 is 13.9 Å². The zero-order valence-corrected chi connectivity index (χ0v) is 26.5. The van der Waals surface area contributed by atoms with Crippen LogP contribution in [0.1, 0.15) is 35.2 Å². The molecule has 0 fully saturated rings. The molecule has 9 nitrogen and oxygen atoms in total. The third-order valence-electron chi connectivity index (χ3n) is 7.34. The number of nitrogens with one attached hydrogen (secondary N) is 1. The third kappa shape index (κ3) is 9.25. The summed E-state index contributed by atoms with van der Waals surface area (Å²) in [6.45, 7) is 1.55. The second-order valence-electron chi connectivity index (χ2n) is 10.7. The number of rotatable bonds is 14. The van der Waals surface area contributed by atoms with Gasteiger partial charge in [-0.3, -0.25) is 18.4 Å². The molecule has 0 aromatic heterocycles. The fourth-order valence-corrected chi connectivity index (χ4v) is 6.11. The maximum Gasteiger partial charge on any atom is 0.475 e. The predicted octanol–water partition coefficient (Wildman–Crippen LogP) is 7.33. The number of alkyl carbamates (subject to hydrolysis) is 1. The van der Waals surface area contributed by atoms with Crippen LogP contribution in [0.2, 0.25) is 0 Å². The Kier molecular flexibility index (Phi) is 11.5. The van der Waals surface area contributed by atoms with Crippen molar-refractivity contribution in [2.24, 2.45) is 0 Å². The summed E-state index contributed by atoms with van der Waals surface area (Å²) in [5, 5.41) is 2.61. The van der Waals surface area contributed by atoms with Gasteiger partial charge in [0.25, 0.3) is 0 Å². The number of carbonyl (C=O) groups is 2. The molecular formula is C36H37N2O7P. The van der Waals surface area contributed by atoms with Crippen LogP contribution < -0.4 is 5.32 Å². The van der Waals surface area contributed by atoms with Crippen molar-refractivity contribution in [3.05, 3.63) is 150 Å². The van der Waals surface area contributed by atoms with Crippen molar-refractivity contribution in [1.82, 2.24) is 10.2 Å². The molecule has 2 unspecified atom stereocenters. The summed E-state index contributed by atoms with van der Waals surface area (Å²) >= 11 is 0. The summed E-state index contributed by atoms with van der Waals surface area (Å²) in [4.78, 5) is 28.0. The Labute approximate surface area is 269 Å². The summed E-state index contributed by atoms with van der Waals surface area (Å²) in [5.41, 5.74) is 4.63. The standard InChI is InChI=1S/C36H37N2O7P/c1-28(35(39)38-25-33(31-18-10-4-11-19-31)24-34(38)32-20-12-5-13-21-32)37-36(40)42-22-23-43-46(41,44-26-29-14-6-2-7-15-29)45-27-30-16-8-3-9-17-30/h2-21,24,28,34H,22-23,25-27H2,1H3,(H,37,40). The van der Waals surface area contributed by atoms with Crippen molar-refractivity contribution in [1.29, 1.82) is 0 Å². The van der Waals surface area contributed by atoms with E-state index >= 15 is 0 Å². The lowest BCUT2D eigenvalue weighted by Crippen LogP contribution is -2.47. The third-order valence-corrected chi connectivity index (χ3v) is 8.73. The zero-order chi connectivity index (χ0) is 32.2. The highest BCUT2D eigenvalue weighted by Crippen LogP contribution is 2.50. The number of hydrogen-bond donors (Lipinski definition) is 1. The minimum Gasteiger partial charge on any atom is -0.447 e. The minimum absolute atomic E-state index is 0.00912. The van der Waals surface area contributed by atoms with Crippen LogP contribution in [0, 0.1) is 0 Å². The van der Waals surface area contributed by atoms with Crippen LogP contribution in [0.4, 0.5) is 4.79 Å². The highest BCUT2D eigenvalue weighted by Gasteiger charge is 2.34. The predicted molar refractivity (Wildman–Crippen MR) is 175 cm³/mol. The average Bonchev–Trinajstić information content (AvgIpc) is 3.56. The maximum atomic E-state index is 13.6. The number of phosphoric acid groups is 1. The van der Waals surface area contributed by atoms with Gasteiger partial charge in [0.1, 0.15) is 12.6 Å². The van der Waals surface area contributed by atoms with Crippen molar-refractivity contribution < 1.29 is 32.5 Å². The molecule has 1 heterocycles. The van der Waals surface area contributed by atoms with E-state index in [1.54, 1.807) is 11.8 Å². The molecule has 4 aromatic rings. The van der Waals surface area contributed by atoms with Gasteiger partial charge in [-0.1, -0.05) is 127 Å². The first-order valence-electron chi connectivity index (χ1n) is 15.1. The van der Waals surface area contributed by atoms with Gasteiger partial charge in [-0.05, 0) is 34.8 Å². The van der Waals surface area contributed by atoms with Gasteiger partial charge in [0.05, 0.1) is 25.9 Å². The molecular weight excluding hydrogens is 603 g/mol. The molecule has 4 aromatic carbocycles. The molecule has 46 heavy (non-hydrogen) atoms. The maximum absolute atomic E-state index is 13.6. The molecule has 1 aliphatic heterocycles. The number of phosphoric ester groups is 1. The van der Waals surface area contributed by atoms with E-state index in [4.69, 9.17) is 18.3 Å². The molecule has 0 aliphatic carbocycles. The van der Waals surface area contributed by atoms with Crippen molar-refractivity contribution in [3.8, 4) is 0 Å². The van der Waals surface area contributed by atoms with E-state index in [1.165, 1.54) is 0 Å². The molecule has 1 N–H and O–H groups in total. The topological polar surface area (TPSA) is 103 Å². The van der Waals surface area contributed by atoms with Gasteiger partial charge in [-0.2, -0.15) is 0 Å². The molecule has 0 saturated carbocycles. The Morgan fingerprint density at radius 2 is 1.28 bits per heavy atom. The van der Waals surface area contributed by atoms with Gasteiger partial charge in [0, 0.05) is 6.54 Å². The van der Waals surface area contributed by atoms with Crippen molar-refractivity contribution in [2.45, 2.75) is 32.2 Å². The quantitative estimate of drug-likeness (QED) is 0.114. The van der Waals surface area contributed by atoms with Crippen molar-refractivity contribution in [2.75, 3.05) is 19.8 Å². The lowest BCUT2D eigenvalue weighted by atomic mass is 10.0. The molecule has 0 bridgehead atoms. The number of hydrogen-bond acceptors (Lipinski definition) is 7. The lowest BCUT2D eigenvalue weighted by molar-refractivity contribution is -0.133. The molecule has 2 atom stereocenters. The van der Waals surface area contributed by atoms with Gasteiger partial charge in [0.15, 0.2) is 0 Å². The van der Waals surface area contributed by atoms with Crippen LogP contribution in [0.15, 0.2) is 127 Å². The van der Waals surface area contributed by atoms with Crippen LogP contribution in [-0.2, 0) is 40.9 Å². The second-order valence-corrected chi connectivity index (χ2v) is 12.3. The SMILES string of the molecule is CC(NC(=O)OCCOP(=O)(OCc1ccccc1)OCc1ccccc1)C(=O)N1CC(c2ccccc2)=CC1c1ccccc1. The highest BCUT2D eigenvalue weighted by atomic mass is 31.2. The first kappa shape index (κ1) is 32.9. The molecule has 5 rings (SSSR count). The first-order chi connectivity index (χ1) is 22.4. The van der Waals surface area contributed by atoms with E-state index < -0.39 is 20.0 Å². The number of benzene rings is 4. The Hall–Kier alpha value is -4.53. The minimum atomic E-state index is -4.01. The summed E-state index contributed by atoms with van der Waals surface area (Å²) < 4.78 is 35.3. The van der Waals surface area contributed by atoms with Crippen LogP contribution in [0.25, 0.3) is 5.57 Å². The van der Waals surface area contributed by atoms with E-state index in [1.807, 2.05) is 121 Å². The van der Waals surface area contributed by atoms with Crippen LogP contribution >= 0.6 is 7.82 Å². The van der Waals surface area contributed by atoms with Gasteiger partial charge < -0.3 is 15.0 Å². The van der Waals surface area contributed by atoms with Gasteiger partial charge in [-0.25, -0.2) is 9.36 Å². The number of nitrogens with zero attached hydrogens (tertiary/aromatic N) is 1. The normalized spacial score (nSPS) is 15.2. The Balaban J connectivity index is 1.14. The molecule has 2 amide bonds. The zero-order valence-electron chi connectivity index (χ0n) is 25.6. The Morgan fingerprint density at radius 3 is 1.85 bits per heavy atom. The van der Waals surface area contributed by atoms with Crippen molar-refractivity contribution in [3.63, 3.8) is 0 Å². The molecule has 1 aliphatic rings. The number of ether oxygens (including phenoxy) is 1. The monoisotopic (exact) mass is 640 g/mol. The lowest BCUT2D eigenvalue weighted by Gasteiger charge is -2.28. The van der Waals surface area contributed by atoms with E-state index in [0.29, 0.717) is 6.54 Å². The largest absolute Gasteiger partial charge is 0.475 e. The average molecular weight is 641 g/mol. The molecule has 0 saturated heterocycles. The van der Waals surface area contributed by atoms with Crippen LogP contribution in [0.3, 0.4) is 0 Å². The smallest absolute Gasteiger partial charge is 0.447 e. The summed E-state index contributed by atoms with van der Waals surface area (Å²) in [7, 11) is -4.01. The second kappa shape index (κ2) is 16.2. The Bertz CT molecular complexity index is 1590. The summed E-state index contributed by atoms with van der Waals surface area (Å²) in [6, 6.07) is 37.0. The summed E-state index contributed by atoms with van der Waals surface area (Å²) in [6.07, 6.45) is 1.28. The van der Waals surface area contributed by atoms with E-state index in [-0.39, 0.29) is 38.4 Å². The van der Waals surface area contributed by atoms with E-state index in [0.717, 1.165) is 27.8 Å². The fourth-order valence-electron chi connectivity index (χ4n) is 4.98. The van der Waals surface area contributed by atoms with Crippen molar-refractivity contribution >= 4 is 25.4 Å². The fraction of sp³-hybridized carbons (Fsp3) is 0.222. The molecule has 0 spiro atoms. The highest BCUT2D eigenvalue weighted by molar-refractivity contribution is 7.48. The molecule has 10 heteroatoms. The van der Waals surface area contributed by atoms with Gasteiger partial charge in [-0.15, -0.1) is 0 Å². The van der Waals surface area contributed by atoms with Gasteiger partial charge in [0.2, 0.25) is 5.91 Å². The van der Waals surface area contributed by atoms with E-state index in [2.05, 4.69) is 11.4 Å². The summed E-state index contributed by atoms with van der Waals surface area (Å²) in [5.74, 6) is -0.252. The van der Waals surface area contributed by atoms with Crippen LogP contribution in [0.5, 0.6) is 0 Å². The molecule has 0 radical (unpaired) electrons. The van der Waals surface area contributed by atoms with E-state index in [9.17, 15) is 14.2 Å². The first-order valence-corrected chi connectivity index (χ1v) is 16.5. The number of amides is 2. The molecule has 238 valence electrons. The number of carbonyl (C=O) groups excluding carboxylic acids is 2. The van der Waals surface area contributed by atoms with Crippen LogP contribution in [-0.4, -0.2) is 42.7 Å².